The van der Waals surface area contributed by atoms with Crippen LogP contribution in [0.5, 0.6) is 0 Å². The van der Waals surface area contributed by atoms with Gasteiger partial charge in [-0.1, -0.05) is 25.1 Å². The number of hydrogen-bond acceptors (Lipinski definition) is 9. The zero-order chi connectivity index (χ0) is 31.4. The zero-order valence-electron chi connectivity index (χ0n) is 25.0. The fourth-order valence-corrected chi connectivity index (χ4v) is 3.75. The molecule has 0 saturated heterocycles. The number of hydrogen-bond donors (Lipinski definition) is 4. The van der Waals surface area contributed by atoms with Crippen LogP contribution < -0.4 is 21.3 Å². The van der Waals surface area contributed by atoms with Crippen molar-refractivity contribution in [2.45, 2.75) is 26.3 Å². The van der Waals surface area contributed by atoms with Crippen molar-refractivity contribution < 1.29 is 14.4 Å². The second-order valence-electron chi connectivity index (χ2n) is 10.0. The molecular formula is C31H37N9O3. The average Bonchev–Trinajstić information content (AvgIpc) is 2.99. The Kier molecular flexibility index (Phi) is 11.7. The van der Waals surface area contributed by atoms with Gasteiger partial charge in [0.2, 0.25) is 17.8 Å². The van der Waals surface area contributed by atoms with E-state index in [0.29, 0.717) is 41.5 Å². The van der Waals surface area contributed by atoms with Gasteiger partial charge in [0.25, 0.3) is 5.91 Å². The first-order chi connectivity index (χ1) is 20.6. The van der Waals surface area contributed by atoms with Crippen LogP contribution in [0.2, 0.25) is 0 Å². The Morgan fingerprint density at radius 2 is 1.72 bits per heavy atom. The first kappa shape index (κ1) is 32.2. The summed E-state index contributed by atoms with van der Waals surface area (Å²) < 4.78 is 0. The van der Waals surface area contributed by atoms with E-state index in [1.807, 2.05) is 25.9 Å². The molecule has 2 aromatic carbocycles. The lowest BCUT2D eigenvalue weighted by Gasteiger charge is -2.23. The van der Waals surface area contributed by atoms with Gasteiger partial charge in [0, 0.05) is 49.5 Å². The smallest absolute Gasteiger partial charge is 0.260 e. The summed E-state index contributed by atoms with van der Waals surface area (Å²) in [6.07, 6.45) is 5.42. The lowest BCUT2D eigenvalue weighted by molar-refractivity contribution is -0.132. The van der Waals surface area contributed by atoms with Gasteiger partial charge in [-0.25, -0.2) is 4.98 Å². The van der Waals surface area contributed by atoms with Crippen molar-refractivity contribution in [3.63, 3.8) is 0 Å². The second kappa shape index (κ2) is 15.6. The van der Waals surface area contributed by atoms with Crippen LogP contribution in [-0.4, -0.2) is 77.8 Å². The molecule has 3 rings (SSSR count). The number of likely N-dealkylation sites (N-methyl/N-ethyl adjacent to an activating group) is 2. The molecule has 0 aliphatic rings. The molecule has 4 N–H and O–H groups in total. The number of nitrogens with one attached hydrogen (secondary N) is 4. The molecule has 3 aromatic rings. The summed E-state index contributed by atoms with van der Waals surface area (Å²) in [6, 6.07) is 15.0. The van der Waals surface area contributed by atoms with Gasteiger partial charge in [0.15, 0.2) is 0 Å². The third kappa shape index (κ3) is 9.65. The second-order valence-corrected chi connectivity index (χ2v) is 10.0. The maximum absolute atomic E-state index is 13.3. The summed E-state index contributed by atoms with van der Waals surface area (Å²) >= 11 is 0. The van der Waals surface area contributed by atoms with E-state index < -0.39 is 11.9 Å². The van der Waals surface area contributed by atoms with Crippen molar-refractivity contribution >= 4 is 46.5 Å². The quantitative estimate of drug-likeness (QED) is 0.218. The van der Waals surface area contributed by atoms with Crippen LogP contribution in [0.4, 0.5) is 28.8 Å². The van der Waals surface area contributed by atoms with E-state index in [9.17, 15) is 14.4 Å². The van der Waals surface area contributed by atoms with Crippen LogP contribution in [0.25, 0.3) is 0 Å². The molecule has 1 aromatic heterocycles. The summed E-state index contributed by atoms with van der Waals surface area (Å²) in [5.41, 5.74) is 2.27. The summed E-state index contributed by atoms with van der Waals surface area (Å²) in [6.45, 7) is 4.83. The molecule has 0 spiro atoms. The fourth-order valence-electron chi connectivity index (χ4n) is 3.75. The Balaban J connectivity index is 1.70. The maximum atomic E-state index is 13.3. The van der Waals surface area contributed by atoms with E-state index in [0.717, 1.165) is 6.42 Å². The number of nitriles is 1. The highest BCUT2D eigenvalue weighted by molar-refractivity contribution is 6.08. The number of carbonyl (C=O) groups is 3. The van der Waals surface area contributed by atoms with Crippen LogP contribution in [0.3, 0.4) is 0 Å². The number of benzene rings is 2. The molecule has 0 fully saturated rings. The number of anilines is 5. The number of aromatic nitrogens is 2. The van der Waals surface area contributed by atoms with Crippen LogP contribution in [0.1, 0.15) is 36.2 Å². The van der Waals surface area contributed by atoms with Crippen molar-refractivity contribution in [1.29, 1.82) is 5.26 Å². The van der Waals surface area contributed by atoms with Gasteiger partial charge in [0.05, 0.1) is 11.6 Å². The predicted octanol–water partition coefficient (Wildman–Crippen LogP) is 4.07. The van der Waals surface area contributed by atoms with Crippen molar-refractivity contribution in [3.8, 4) is 6.07 Å². The van der Waals surface area contributed by atoms with Gasteiger partial charge in [-0.05, 0) is 63.8 Å². The van der Waals surface area contributed by atoms with Crippen LogP contribution >= 0.6 is 0 Å². The first-order valence-electron chi connectivity index (χ1n) is 13.8. The molecule has 43 heavy (non-hydrogen) atoms. The van der Waals surface area contributed by atoms with Crippen molar-refractivity contribution in [2.75, 3.05) is 55.5 Å². The lowest BCUT2D eigenvalue weighted by atomic mass is 10.2. The molecular weight excluding hydrogens is 546 g/mol. The highest BCUT2D eigenvalue weighted by atomic mass is 16.2. The molecule has 224 valence electrons. The van der Waals surface area contributed by atoms with Gasteiger partial charge in [-0.15, -0.1) is 0 Å². The summed E-state index contributed by atoms with van der Waals surface area (Å²) in [5.74, 6) is -0.483. The van der Waals surface area contributed by atoms with Crippen LogP contribution in [-0.2, 0) is 9.59 Å². The maximum Gasteiger partial charge on any atom is 0.260 e. The molecule has 0 bridgehead atoms. The molecule has 0 aliphatic carbocycles. The molecule has 3 amide bonds. The van der Waals surface area contributed by atoms with Gasteiger partial charge in [-0.2, -0.15) is 10.2 Å². The topological polar surface area (TPSA) is 155 Å². The third-order valence-corrected chi connectivity index (χ3v) is 6.25. The summed E-state index contributed by atoms with van der Waals surface area (Å²) in [7, 11) is 5.36. The number of amides is 3. The molecule has 12 nitrogen and oxygen atoms in total. The summed E-state index contributed by atoms with van der Waals surface area (Å²) in [5, 5.41) is 21.0. The Labute approximate surface area is 251 Å². The number of rotatable bonds is 13. The van der Waals surface area contributed by atoms with Crippen molar-refractivity contribution in [2.24, 2.45) is 0 Å². The largest absolute Gasteiger partial charge is 0.369 e. The highest BCUT2D eigenvalue weighted by Gasteiger charge is 2.21. The Morgan fingerprint density at radius 3 is 2.42 bits per heavy atom. The van der Waals surface area contributed by atoms with E-state index in [1.54, 1.807) is 68.6 Å². The van der Waals surface area contributed by atoms with E-state index in [4.69, 9.17) is 5.26 Å². The molecule has 0 saturated carbocycles. The fraction of sp³-hybridized carbons (Fsp3) is 0.290. The predicted molar refractivity (Wildman–Crippen MR) is 168 cm³/mol. The van der Waals surface area contributed by atoms with Crippen LogP contribution in [0.15, 0.2) is 66.9 Å². The standard InChI is InChI=1S/C31H37N9O3/c1-6-15-33-28-26(20-34-31(38-28)37-23-11-7-10-22(17-23)19-32)30(43)36-25-13-8-12-24(18-25)35-29(42)21(2)40(5)27(41)14-9-16-39(3)4/h7-14,17-18,20-21H,6,15-16H2,1-5H3,(H,35,42)(H,36,43)(H2,33,34,37,38)/b14-9+/t21-/m0/s1. The molecule has 0 aliphatic heterocycles. The minimum atomic E-state index is -0.728. The highest BCUT2D eigenvalue weighted by Crippen LogP contribution is 2.21. The average molecular weight is 584 g/mol. The van der Waals surface area contributed by atoms with Gasteiger partial charge in [-0.3, -0.25) is 14.4 Å². The zero-order valence-corrected chi connectivity index (χ0v) is 25.0. The van der Waals surface area contributed by atoms with E-state index in [1.165, 1.54) is 17.2 Å². The van der Waals surface area contributed by atoms with Crippen LogP contribution in [0, 0.1) is 11.3 Å². The van der Waals surface area contributed by atoms with E-state index >= 15 is 0 Å². The minimum absolute atomic E-state index is 0.232. The molecule has 1 heterocycles. The third-order valence-electron chi connectivity index (χ3n) is 6.25. The number of carbonyl (C=O) groups excluding carboxylic acids is 3. The Bertz CT molecular complexity index is 1510. The summed E-state index contributed by atoms with van der Waals surface area (Å²) in [4.78, 5) is 50.6. The number of nitrogens with zero attached hydrogens (tertiary/aromatic N) is 5. The molecule has 1 atom stereocenters. The molecule has 0 unspecified atom stereocenters. The van der Waals surface area contributed by atoms with Gasteiger partial charge >= 0.3 is 0 Å². The Hall–Kier alpha value is -5.28. The van der Waals surface area contributed by atoms with E-state index in [-0.39, 0.29) is 23.3 Å². The minimum Gasteiger partial charge on any atom is -0.369 e. The van der Waals surface area contributed by atoms with E-state index in [2.05, 4.69) is 37.3 Å². The van der Waals surface area contributed by atoms with Crippen molar-refractivity contribution in [3.05, 3.63) is 78.0 Å². The van der Waals surface area contributed by atoms with Gasteiger partial charge in [0.1, 0.15) is 17.4 Å². The Morgan fingerprint density at radius 1 is 1.02 bits per heavy atom. The SMILES string of the molecule is CCCNc1nc(Nc2cccc(C#N)c2)ncc1C(=O)Nc1cccc(NC(=O)[C@H](C)N(C)C(=O)/C=C/CN(C)C)c1. The van der Waals surface area contributed by atoms with Gasteiger partial charge < -0.3 is 31.1 Å². The first-order valence-corrected chi connectivity index (χ1v) is 13.8. The lowest BCUT2D eigenvalue weighted by Crippen LogP contribution is -2.42. The normalized spacial score (nSPS) is 11.5. The monoisotopic (exact) mass is 583 g/mol. The van der Waals surface area contributed by atoms with Crippen molar-refractivity contribution in [1.82, 2.24) is 19.8 Å². The molecule has 0 radical (unpaired) electrons. The molecule has 12 heteroatoms.